The second kappa shape index (κ2) is 5.45. The lowest BCUT2D eigenvalue weighted by Crippen LogP contribution is -2.06. The van der Waals surface area contributed by atoms with Gasteiger partial charge in [0.25, 0.3) is 0 Å². The molecule has 2 heterocycles. The van der Waals surface area contributed by atoms with E-state index in [1.54, 1.807) is 0 Å². The van der Waals surface area contributed by atoms with E-state index in [-0.39, 0.29) is 0 Å². The van der Waals surface area contributed by atoms with Gasteiger partial charge in [-0.2, -0.15) is 0 Å². The van der Waals surface area contributed by atoms with E-state index < -0.39 is 0 Å². The normalized spacial score (nSPS) is 15.1. The van der Waals surface area contributed by atoms with Crippen molar-refractivity contribution in [2.24, 2.45) is 5.92 Å². The van der Waals surface area contributed by atoms with E-state index in [0.717, 1.165) is 48.2 Å². The molecule has 0 aromatic carbocycles. The Labute approximate surface area is 118 Å². The summed E-state index contributed by atoms with van der Waals surface area (Å²) in [4.78, 5) is 12.1. The van der Waals surface area contributed by atoms with Crippen LogP contribution >= 0.6 is 11.3 Å². The van der Waals surface area contributed by atoms with E-state index >= 15 is 0 Å². The smallest absolute Gasteiger partial charge is 0.138 e. The first-order valence-electron chi connectivity index (χ1n) is 7.33. The monoisotopic (exact) mass is 275 g/mol. The molecule has 19 heavy (non-hydrogen) atoms. The highest BCUT2D eigenvalue weighted by Gasteiger charge is 2.23. The molecule has 1 fully saturated rings. The number of anilines is 1. The highest BCUT2D eigenvalue weighted by atomic mass is 32.1. The summed E-state index contributed by atoms with van der Waals surface area (Å²) < 4.78 is 0. The first-order valence-corrected chi connectivity index (χ1v) is 8.15. The molecule has 102 valence electrons. The molecule has 1 aliphatic rings. The van der Waals surface area contributed by atoms with Crippen LogP contribution in [0.2, 0.25) is 0 Å². The third-order valence-corrected chi connectivity index (χ3v) is 4.72. The molecule has 2 aromatic rings. The molecule has 1 N–H and O–H groups in total. The topological polar surface area (TPSA) is 37.8 Å². The quantitative estimate of drug-likeness (QED) is 0.865. The van der Waals surface area contributed by atoms with E-state index in [2.05, 4.69) is 25.2 Å². The minimum atomic E-state index is 0.835. The SMILES string of the molecule is CCCNc1nc(CC2CC2)nc2sc(CC)cc12. The van der Waals surface area contributed by atoms with Crippen molar-refractivity contribution in [2.45, 2.75) is 46.0 Å². The summed E-state index contributed by atoms with van der Waals surface area (Å²) in [6.45, 7) is 5.36. The predicted molar refractivity (Wildman–Crippen MR) is 82.0 cm³/mol. The Balaban J connectivity index is 1.98. The van der Waals surface area contributed by atoms with Crippen molar-refractivity contribution in [1.82, 2.24) is 9.97 Å². The van der Waals surface area contributed by atoms with Crippen molar-refractivity contribution in [3.63, 3.8) is 0 Å². The molecule has 4 heteroatoms. The van der Waals surface area contributed by atoms with E-state index in [1.165, 1.54) is 23.1 Å². The largest absolute Gasteiger partial charge is 0.369 e. The van der Waals surface area contributed by atoms with Crippen LogP contribution in [0.4, 0.5) is 5.82 Å². The van der Waals surface area contributed by atoms with E-state index in [0.29, 0.717) is 0 Å². The van der Waals surface area contributed by atoms with E-state index in [9.17, 15) is 0 Å². The van der Waals surface area contributed by atoms with Crippen molar-refractivity contribution in [3.8, 4) is 0 Å². The standard InChI is InChI=1S/C15H21N3S/c1-3-7-16-14-12-9-11(4-2)19-15(12)18-13(17-14)8-10-5-6-10/h9-10H,3-8H2,1-2H3,(H,16,17,18). The number of fused-ring (bicyclic) bond motifs is 1. The molecule has 1 aliphatic carbocycles. The van der Waals surface area contributed by atoms with Crippen molar-refractivity contribution >= 4 is 27.4 Å². The second-order valence-electron chi connectivity index (χ2n) is 5.35. The van der Waals surface area contributed by atoms with Gasteiger partial charge in [0.2, 0.25) is 0 Å². The van der Waals surface area contributed by atoms with Crippen LogP contribution in [0.3, 0.4) is 0 Å². The van der Waals surface area contributed by atoms with Crippen LogP contribution in [0, 0.1) is 5.92 Å². The number of aryl methyl sites for hydroxylation is 1. The zero-order valence-electron chi connectivity index (χ0n) is 11.7. The lowest BCUT2D eigenvalue weighted by atomic mass is 10.2. The Morgan fingerprint density at radius 1 is 1.32 bits per heavy atom. The van der Waals surface area contributed by atoms with Gasteiger partial charge in [-0.25, -0.2) is 9.97 Å². The first-order chi connectivity index (χ1) is 9.30. The van der Waals surface area contributed by atoms with Gasteiger partial charge in [-0.15, -0.1) is 11.3 Å². The Morgan fingerprint density at radius 2 is 2.16 bits per heavy atom. The van der Waals surface area contributed by atoms with Gasteiger partial charge < -0.3 is 5.32 Å². The minimum Gasteiger partial charge on any atom is -0.369 e. The number of nitrogens with one attached hydrogen (secondary N) is 1. The van der Waals surface area contributed by atoms with Crippen LogP contribution in [0.1, 0.15) is 43.8 Å². The highest BCUT2D eigenvalue weighted by Crippen LogP contribution is 2.34. The molecule has 0 bridgehead atoms. The predicted octanol–water partition coefficient (Wildman–Crippen LogP) is 4.03. The average Bonchev–Trinajstić information content (AvgIpc) is 3.12. The molecule has 0 aliphatic heterocycles. The fourth-order valence-electron chi connectivity index (χ4n) is 2.24. The Kier molecular flexibility index (Phi) is 3.69. The summed E-state index contributed by atoms with van der Waals surface area (Å²) in [5.74, 6) is 2.90. The van der Waals surface area contributed by atoms with Gasteiger partial charge in [0, 0.05) is 17.8 Å². The maximum atomic E-state index is 4.76. The van der Waals surface area contributed by atoms with E-state index in [4.69, 9.17) is 9.97 Å². The van der Waals surface area contributed by atoms with Crippen LogP contribution in [0.5, 0.6) is 0 Å². The average molecular weight is 275 g/mol. The lowest BCUT2D eigenvalue weighted by molar-refractivity contribution is 0.776. The fourth-order valence-corrected chi connectivity index (χ4v) is 3.23. The van der Waals surface area contributed by atoms with Crippen molar-refractivity contribution < 1.29 is 0 Å². The number of hydrogen-bond acceptors (Lipinski definition) is 4. The van der Waals surface area contributed by atoms with E-state index in [1.807, 2.05) is 11.3 Å². The van der Waals surface area contributed by atoms with Crippen LogP contribution in [0.15, 0.2) is 6.07 Å². The third-order valence-electron chi connectivity index (χ3n) is 3.55. The molecule has 3 nitrogen and oxygen atoms in total. The van der Waals surface area contributed by atoms with Crippen LogP contribution in [-0.2, 0) is 12.8 Å². The molecule has 1 saturated carbocycles. The number of aromatic nitrogens is 2. The van der Waals surface area contributed by atoms with Gasteiger partial charge >= 0.3 is 0 Å². The van der Waals surface area contributed by atoms with Gasteiger partial charge in [0.15, 0.2) is 0 Å². The summed E-state index contributed by atoms with van der Waals surface area (Å²) in [6.07, 6.45) is 5.95. The summed E-state index contributed by atoms with van der Waals surface area (Å²) in [6, 6.07) is 2.25. The van der Waals surface area contributed by atoms with Gasteiger partial charge in [-0.1, -0.05) is 13.8 Å². The van der Waals surface area contributed by atoms with Crippen LogP contribution in [0.25, 0.3) is 10.2 Å². The zero-order chi connectivity index (χ0) is 13.2. The van der Waals surface area contributed by atoms with Gasteiger partial charge in [0.1, 0.15) is 16.5 Å². The molecule has 0 atom stereocenters. The third kappa shape index (κ3) is 2.89. The zero-order valence-corrected chi connectivity index (χ0v) is 12.5. The highest BCUT2D eigenvalue weighted by molar-refractivity contribution is 7.18. The number of rotatable bonds is 6. The van der Waals surface area contributed by atoms with Crippen molar-refractivity contribution in [2.75, 3.05) is 11.9 Å². The Hall–Kier alpha value is -1.16. The van der Waals surface area contributed by atoms with Crippen molar-refractivity contribution in [1.29, 1.82) is 0 Å². The summed E-state index contributed by atoms with van der Waals surface area (Å²) >= 11 is 1.82. The minimum absolute atomic E-state index is 0.835. The molecule has 2 aromatic heterocycles. The van der Waals surface area contributed by atoms with Gasteiger partial charge in [-0.3, -0.25) is 0 Å². The Morgan fingerprint density at radius 3 is 2.84 bits per heavy atom. The summed E-state index contributed by atoms with van der Waals surface area (Å²) in [7, 11) is 0. The summed E-state index contributed by atoms with van der Waals surface area (Å²) in [5, 5.41) is 4.67. The number of hydrogen-bond donors (Lipinski definition) is 1. The van der Waals surface area contributed by atoms with Crippen LogP contribution in [-0.4, -0.2) is 16.5 Å². The summed E-state index contributed by atoms with van der Waals surface area (Å²) in [5.41, 5.74) is 0. The maximum absolute atomic E-state index is 4.76. The molecular formula is C15H21N3S. The van der Waals surface area contributed by atoms with Gasteiger partial charge in [0.05, 0.1) is 5.39 Å². The molecule has 0 radical (unpaired) electrons. The first kappa shape index (κ1) is 12.9. The molecule has 0 spiro atoms. The molecule has 0 amide bonds. The Bertz CT molecular complexity index is 572. The molecule has 0 saturated heterocycles. The second-order valence-corrected chi connectivity index (χ2v) is 6.46. The fraction of sp³-hybridized carbons (Fsp3) is 0.600. The molecular weight excluding hydrogens is 254 g/mol. The van der Waals surface area contributed by atoms with Crippen molar-refractivity contribution in [3.05, 3.63) is 16.8 Å². The van der Waals surface area contributed by atoms with Gasteiger partial charge in [-0.05, 0) is 37.7 Å². The number of nitrogens with zero attached hydrogens (tertiary/aromatic N) is 2. The molecule has 0 unspecified atom stereocenters. The molecule has 3 rings (SSSR count). The van der Waals surface area contributed by atoms with Crippen LogP contribution < -0.4 is 5.32 Å². The number of thiophene rings is 1. The maximum Gasteiger partial charge on any atom is 0.138 e. The lowest BCUT2D eigenvalue weighted by Gasteiger charge is -2.07.